The van der Waals surface area contributed by atoms with Gasteiger partial charge in [-0.05, 0) is 51.2 Å². The fourth-order valence-corrected chi connectivity index (χ4v) is 2.93. The van der Waals surface area contributed by atoms with Crippen LogP contribution in [0.25, 0.3) is 0 Å². The van der Waals surface area contributed by atoms with Gasteiger partial charge in [0, 0.05) is 32.1 Å². The van der Waals surface area contributed by atoms with E-state index in [-0.39, 0.29) is 11.8 Å². The quantitative estimate of drug-likeness (QED) is 0.767. The number of anilines is 1. The van der Waals surface area contributed by atoms with Crippen LogP contribution in [-0.4, -0.2) is 29.8 Å². The zero-order valence-corrected chi connectivity index (χ0v) is 14.8. The molecule has 1 aliphatic rings. The molecule has 0 aliphatic heterocycles. The highest BCUT2D eigenvalue weighted by molar-refractivity contribution is 5.91. The molecule has 130 valence electrons. The van der Waals surface area contributed by atoms with Crippen molar-refractivity contribution < 1.29 is 9.59 Å². The Bertz CT molecular complexity index is 590. The number of amides is 2. The van der Waals surface area contributed by atoms with Crippen molar-refractivity contribution in [3.63, 3.8) is 0 Å². The number of allylic oxidation sites excluding steroid dienone is 1. The van der Waals surface area contributed by atoms with E-state index < -0.39 is 0 Å². The van der Waals surface area contributed by atoms with Crippen LogP contribution in [-0.2, 0) is 9.59 Å². The number of aryl methyl sites for hydroxylation is 1. The summed E-state index contributed by atoms with van der Waals surface area (Å²) >= 11 is 0. The fourth-order valence-electron chi connectivity index (χ4n) is 2.93. The first kappa shape index (κ1) is 18.2. The van der Waals surface area contributed by atoms with E-state index in [9.17, 15) is 9.59 Å². The molecule has 1 N–H and O–H groups in total. The summed E-state index contributed by atoms with van der Waals surface area (Å²) in [5.41, 5.74) is 3.41. The number of nitrogens with one attached hydrogen (secondary N) is 1. The molecule has 0 unspecified atom stereocenters. The first-order chi connectivity index (χ1) is 11.5. The highest BCUT2D eigenvalue weighted by Crippen LogP contribution is 2.20. The third-order valence-electron chi connectivity index (χ3n) is 4.48. The number of rotatable bonds is 7. The van der Waals surface area contributed by atoms with E-state index in [0.29, 0.717) is 19.5 Å². The summed E-state index contributed by atoms with van der Waals surface area (Å²) in [5, 5.41) is 2.88. The molecule has 0 radical (unpaired) electrons. The first-order valence-electron chi connectivity index (χ1n) is 8.84. The van der Waals surface area contributed by atoms with E-state index in [1.165, 1.54) is 18.4 Å². The van der Waals surface area contributed by atoms with Gasteiger partial charge in [0.1, 0.15) is 0 Å². The summed E-state index contributed by atoms with van der Waals surface area (Å²) in [6, 6.07) is 7.72. The lowest BCUT2D eigenvalue weighted by atomic mass is 9.97. The molecule has 24 heavy (non-hydrogen) atoms. The Hall–Kier alpha value is -2.10. The van der Waals surface area contributed by atoms with Gasteiger partial charge in [0.15, 0.2) is 0 Å². The maximum atomic E-state index is 12.1. The minimum atomic E-state index is -0.0537. The SMILES string of the molecule is CC(=O)N(CCC(=O)Nc1ccc(C)cc1)CCC1=CCCCC1. The number of benzene rings is 1. The van der Waals surface area contributed by atoms with E-state index in [2.05, 4.69) is 11.4 Å². The Morgan fingerprint density at radius 3 is 2.50 bits per heavy atom. The van der Waals surface area contributed by atoms with Gasteiger partial charge < -0.3 is 10.2 Å². The predicted molar refractivity (Wildman–Crippen MR) is 97.8 cm³/mol. The molecule has 4 heteroatoms. The second kappa shape index (κ2) is 9.26. The third kappa shape index (κ3) is 6.19. The van der Waals surface area contributed by atoms with Gasteiger partial charge in [-0.1, -0.05) is 29.3 Å². The van der Waals surface area contributed by atoms with Gasteiger partial charge in [-0.3, -0.25) is 9.59 Å². The molecule has 0 aromatic heterocycles. The lowest BCUT2D eigenvalue weighted by Crippen LogP contribution is -2.33. The topological polar surface area (TPSA) is 49.4 Å². The molecular weight excluding hydrogens is 300 g/mol. The van der Waals surface area contributed by atoms with Crippen molar-refractivity contribution in [2.75, 3.05) is 18.4 Å². The number of hydrogen-bond acceptors (Lipinski definition) is 2. The van der Waals surface area contributed by atoms with Crippen LogP contribution >= 0.6 is 0 Å². The molecule has 1 aromatic rings. The number of nitrogens with zero attached hydrogens (tertiary/aromatic N) is 1. The third-order valence-corrected chi connectivity index (χ3v) is 4.48. The van der Waals surface area contributed by atoms with Crippen LogP contribution < -0.4 is 5.32 Å². The van der Waals surface area contributed by atoms with Crippen molar-refractivity contribution in [1.82, 2.24) is 4.90 Å². The smallest absolute Gasteiger partial charge is 0.226 e. The molecule has 2 rings (SSSR count). The van der Waals surface area contributed by atoms with Crippen molar-refractivity contribution in [3.8, 4) is 0 Å². The van der Waals surface area contributed by atoms with Crippen LogP contribution in [0.15, 0.2) is 35.9 Å². The minimum Gasteiger partial charge on any atom is -0.342 e. The normalized spacial score (nSPS) is 14.0. The van der Waals surface area contributed by atoms with Crippen LogP contribution in [0.3, 0.4) is 0 Å². The molecule has 0 fully saturated rings. The Labute approximate surface area is 144 Å². The second-order valence-corrected chi connectivity index (χ2v) is 6.53. The van der Waals surface area contributed by atoms with Crippen molar-refractivity contribution in [1.29, 1.82) is 0 Å². The fraction of sp³-hybridized carbons (Fsp3) is 0.500. The van der Waals surface area contributed by atoms with E-state index in [0.717, 1.165) is 30.5 Å². The van der Waals surface area contributed by atoms with E-state index in [1.54, 1.807) is 11.8 Å². The van der Waals surface area contributed by atoms with Gasteiger partial charge >= 0.3 is 0 Å². The summed E-state index contributed by atoms with van der Waals surface area (Å²) in [6.07, 6.45) is 8.41. The number of carbonyl (C=O) groups excluding carboxylic acids is 2. The number of carbonyl (C=O) groups is 2. The Balaban J connectivity index is 1.77. The monoisotopic (exact) mass is 328 g/mol. The predicted octanol–water partition coefficient (Wildman–Crippen LogP) is 4.06. The molecule has 1 aliphatic carbocycles. The van der Waals surface area contributed by atoms with Crippen molar-refractivity contribution in [2.24, 2.45) is 0 Å². The molecule has 0 spiro atoms. The average molecular weight is 328 g/mol. The standard InChI is InChI=1S/C20H28N2O2/c1-16-8-10-19(11-9-16)21-20(24)13-15-22(17(2)23)14-12-18-6-4-3-5-7-18/h6,8-11H,3-5,7,12-15H2,1-2H3,(H,21,24). The maximum absolute atomic E-state index is 12.1. The number of hydrogen-bond donors (Lipinski definition) is 1. The van der Waals surface area contributed by atoms with E-state index >= 15 is 0 Å². The van der Waals surface area contributed by atoms with Gasteiger partial charge in [0.05, 0.1) is 0 Å². The van der Waals surface area contributed by atoms with Crippen LogP contribution in [0, 0.1) is 6.92 Å². The molecule has 0 saturated heterocycles. The summed E-state index contributed by atoms with van der Waals surface area (Å²) in [4.78, 5) is 25.7. The molecule has 0 bridgehead atoms. The highest BCUT2D eigenvalue weighted by atomic mass is 16.2. The average Bonchev–Trinajstić information content (AvgIpc) is 2.57. The van der Waals surface area contributed by atoms with Crippen LogP contribution in [0.5, 0.6) is 0 Å². The Morgan fingerprint density at radius 2 is 1.88 bits per heavy atom. The van der Waals surface area contributed by atoms with E-state index in [4.69, 9.17) is 0 Å². The summed E-state index contributed by atoms with van der Waals surface area (Å²) < 4.78 is 0. The summed E-state index contributed by atoms with van der Waals surface area (Å²) in [6.45, 7) is 4.77. The molecule has 2 amide bonds. The van der Waals surface area contributed by atoms with E-state index in [1.807, 2.05) is 31.2 Å². The summed E-state index contributed by atoms with van der Waals surface area (Å²) in [5.74, 6) is -0.0171. The minimum absolute atomic E-state index is 0.0366. The zero-order chi connectivity index (χ0) is 17.4. The molecule has 4 nitrogen and oxygen atoms in total. The van der Waals surface area contributed by atoms with Crippen LogP contribution in [0.4, 0.5) is 5.69 Å². The maximum Gasteiger partial charge on any atom is 0.226 e. The van der Waals surface area contributed by atoms with Gasteiger partial charge in [-0.2, -0.15) is 0 Å². The van der Waals surface area contributed by atoms with Gasteiger partial charge in [0.2, 0.25) is 11.8 Å². The molecule has 0 heterocycles. The lowest BCUT2D eigenvalue weighted by molar-refractivity contribution is -0.129. The van der Waals surface area contributed by atoms with Gasteiger partial charge in [-0.25, -0.2) is 0 Å². The molecule has 0 saturated carbocycles. The molecule has 0 atom stereocenters. The van der Waals surface area contributed by atoms with Gasteiger partial charge in [-0.15, -0.1) is 0 Å². The first-order valence-corrected chi connectivity index (χ1v) is 8.84. The van der Waals surface area contributed by atoms with Gasteiger partial charge in [0.25, 0.3) is 0 Å². The second-order valence-electron chi connectivity index (χ2n) is 6.53. The summed E-state index contributed by atoms with van der Waals surface area (Å²) in [7, 11) is 0. The molecular formula is C20H28N2O2. The lowest BCUT2D eigenvalue weighted by Gasteiger charge is -2.22. The van der Waals surface area contributed by atoms with Crippen LogP contribution in [0.1, 0.15) is 51.0 Å². The molecule has 1 aromatic carbocycles. The van der Waals surface area contributed by atoms with Crippen molar-refractivity contribution >= 4 is 17.5 Å². The van der Waals surface area contributed by atoms with Crippen molar-refractivity contribution in [3.05, 3.63) is 41.5 Å². The Kier molecular flexibility index (Phi) is 7.04. The van der Waals surface area contributed by atoms with Crippen LogP contribution in [0.2, 0.25) is 0 Å². The highest BCUT2D eigenvalue weighted by Gasteiger charge is 2.13. The largest absolute Gasteiger partial charge is 0.342 e. The zero-order valence-electron chi connectivity index (χ0n) is 14.8. The van der Waals surface area contributed by atoms with Crippen molar-refractivity contribution in [2.45, 2.75) is 52.4 Å². The Morgan fingerprint density at radius 1 is 1.12 bits per heavy atom.